The molecule has 6 nitrogen and oxygen atoms in total. The van der Waals surface area contributed by atoms with Gasteiger partial charge in [-0.25, -0.2) is 0 Å². The number of hydrogen-bond donors (Lipinski definition) is 1. The second-order valence-corrected chi connectivity index (χ2v) is 7.45. The summed E-state index contributed by atoms with van der Waals surface area (Å²) in [5, 5.41) is 11.4. The number of amides is 1. The molecule has 0 aromatic heterocycles. The molecule has 1 N–H and O–H groups in total. The van der Waals surface area contributed by atoms with Crippen molar-refractivity contribution in [2.45, 2.75) is 13.0 Å². The first-order valence-corrected chi connectivity index (χ1v) is 10.1. The van der Waals surface area contributed by atoms with Crippen LogP contribution in [-0.4, -0.2) is 31.0 Å². The lowest BCUT2D eigenvalue weighted by molar-refractivity contribution is -0.132. The summed E-state index contributed by atoms with van der Waals surface area (Å²) >= 11 is 0. The smallest absolute Gasteiger partial charge is 0.300 e. The van der Waals surface area contributed by atoms with Crippen molar-refractivity contribution >= 4 is 23.1 Å². The molecule has 1 unspecified atom stereocenters. The topological polar surface area (TPSA) is 76.1 Å². The average molecular weight is 429 g/mol. The summed E-state index contributed by atoms with van der Waals surface area (Å²) < 4.78 is 10.9. The number of aliphatic hydroxyl groups excluding tert-OH is 1. The Morgan fingerprint density at radius 2 is 1.53 bits per heavy atom. The molecule has 0 aliphatic carbocycles. The van der Waals surface area contributed by atoms with Gasteiger partial charge >= 0.3 is 0 Å². The third-order valence-electron chi connectivity index (χ3n) is 5.52. The number of hydrogen-bond acceptors (Lipinski definition) is 5. The van der Waals surface area contributed by atoms with Crippen LogP contribution in [0.5, 0.6) is 11.5 Å². The lowest BCUT2D eigenvalue weighted by Gasteiger charge is -2.26. The molecule has 0 radical (unpaired) electrons. The van der Waals surface area contributed by atoms with Crippen molar-refractivity contribution < 1.29 is 24.2 Å². The third kappa shape index (κ3) is 3.50. The molecule has 1 aliphatic heterocycles. The molecule has 162 valence electrons. The van der Waals surface area contributed by atoms with Gasteiger partial charge in [-0.15, -0.1) is 0 Å². The minimum atomic E-state index is -0.876. The molecule has 4 rings (SSSR count). The molecule has 1 atom stereocenters. The van der Waals surface area contributed by atoms with Crippen LogP contribution >= 0.6 is 0 Å². The van der Waals surface area contributed by atoms with Crippen LogP contribution in [-0.2, 0) is 9.59 Å². The Morgan fingerprint density at radius 1 is 0.875 bits per heavy atom. The molecule has 32 heavy (non-hydrogen) atoms. The number of carbonyl (C=O) groups excluding carboxylic acids is 2. The van der Waals surface area contributed by atoms with Gasteiger partial charge in [-0.3, -0.25) is 14.5 Å². The highest BCUT2D eigenvalue weighted by atomic mass is 16.5. The first kappa shape index (κ1) is 21.2. The highest BCUT2D eigenvalue weighted by Gasteiger charge is 2.48. The maximum absolute atomic E-state index is 13.3. The molecule has 1 saturated heterocycles. The summed E-state index contributed by atoms with van der Waals surface area (Å²) in [6, 6.07) is 20.5. The Kier molecular flexibility index (Phi) is 5.69. The van der Waals surface area contributed by atoms with Crippen LogP contribution in [0, 0.1) is 6.92 Å². The van der Waals surface area contributed by atoms with Gasteiger partial charge in [-0.2, -0.15) is 0 Å². The Morgan fingerprint density at radius 3 is 2.22 bits per heavy atom. The van der Waals surface area contributed by atoms with Crippen LogP contribution in [0.4, 0.5) is 5.69 Å². The van der Waals surface area contributed by atoms with Gasteiger partial charge in [0, 0.05) is 11.3 Å². The Bertz CT molecular complexity index is 1220. The molecule has 6 heteroatoms. The molecule has 1 amide bonds. The van der Waals surface area contributed by atoms with Crippen LogP contribution in [0.2, 0.25) is 0 Å². The number of nitrogens with zero attached hydrogens (tertiary/aromatic N) is 1. The molecule has 0 saturated carbocycles. The van der Waals surface area contributed by atoms with E-state index in [-0.39, 0.29) is 11.3 Å². The molecular formula is C26H23NO5. The van der Waals surface area contributed by atoms with Gasteiger partial charge in [0.15, 0.2) is 0 Å². The number of benzene rings is 3. The quantitative estimate of drug-likeness (QED) is 0.363. The van der Waals surface area contributed by atoms with Crippen molar-refractivity contribution in [2.75, 3.05) is 19.1 Å². The number of aliphatic hydroxyl groups is 1. The number of aryl methyl sites for hydroxylation is 1. The van der Waals surface area contributed by atoms with Crippen molar-refractivity contribution in [3.8, 4) is 11.5 Å². The molecule has 1 heterocycles. The Balaban J connectivity index is 2.02. The van der Waals surface area contributed by atoms with E-state index in [4.69, 9.17) is 9.47 Å². The summed E-state index contributed by atoms with van der Waals surface area (Å²) in [4.78, 5) is 27.9. The fourth-order valence-corrected chi connectivity index (χ4v) is 4.03. The zero-order chi connectivity index (χ0) is 22.8. The predicted molar refractivity (Wildman–Crippen MR) is 122 cm³/mol. The van der Waals surface area contributed by atoms with E-state index in [0.717, 1.165) is 5.56 Å². The zero-order valence-corrected chi connectivity index (χ0v) is 18.0. The van der Waals surface area contributed by atoms with E-state index in [1.165, 1.54) is 19.1 Å². The number of anilines is 1. The highest BCUT2D eigenvalue weighted by Crippen LogP contribution is 2.45. The van der Waals surface area contributed by atoms with E-state index in [9.17, 15) is 14.7 Å². The van der Waals surface area contributed by atoms with Gasteiger partial charge in [0.25, 0.3) is 11.7 Å². The van der Waals surface area contributed by atoms with Crippen LogP contribution in [0.15, 0.2) is 78.4 Å². The van der Waals surface area contributed by atoms with Gasteiger partial charge in [0.1, 0.15) is 17.3 Å². The van der Waals surface area contributed by atoms with Crippen molar-refractivity contribution in [3.05, 3.63) is 95.1 Å². The summed E-state index contributed by atoms with van der Waals surface area (Å²) in [5.74, 6) is -0.885. The lowest BCUT2D eigenvalue weighted by Crippen LogP contribution is -2.29. The fourth-order valence-electron chi connectivity index (χ4n) is 4.03. The largest absolute Gasteiger partial charge is 0.507 e. The maximum Gasteiger partial charge on any atom is 0.300 e. The van der Waals surface area contributed by atoms with Crippen molar-refractivity contribution in [1.82, 2.24) is 0 Å². The van der Waals surface area contributed by atoms with E-state index in [1.54, 1.807) is 60.7 Å². The zero-order valence-electron chi connectivity index (χ0n) is 18.0. The fraction of sp³-hybridized carbons (Fsp3) is 0.154. The normalized spacial score (nSPS) is 17.5. The standard InChI is InChI=1S/C26H23NO5/c1-16-13-14-21(32-3)19(15-16)24(28)22-23(18-11-7-8-12-20(18)31-2)27(26(30)25(22)29)17-9-5-4-6-10-17/h4-15,23,28H,1-3H3/b24-22+. The number of para-hydroxylation sites is 2. The van der Waals surface area contributed by atoms with Crippen LogP contribution < -0.4 is 14.4 Å². The second kappa shape index (κ2) is 8.59. The number of rotatable bonds is 5. The van der Waals surface area contributed by atoms with Crippen molar-refractivity contribution in [2.24, 2.45) is 0 Å². The molecule has 0 spiro atoms. The first-order chi connectivity index (χ1) is 15.5. The van der Waals surface area contributed by atoms with Gasteiger partial charge in [0.05, 0.1) is 31.4 Å². The molecule has 1 fully saturated rings. The van der Waals surface area contributed by atoms with Gasteiger partial charge in [-0.05, 0) is 37.3 Å². The lowest BCUT2D eigenvalue weighted by atomic mass is 9.93. The Hall–Kier alpha value is -4.06. The number of ketones is 1. The third-order valence-corrected chi connectivity index (χ3v) is 5.52. The first-order valence-electron chi connectivity index (χ1n) is 10.1. The van der Waals surface area contributed by atoms with Crippen LogP contribution in [0.25, 0.3) is 5.76 Å². The van der Waals surface area contributed by atoms with Gasteiger partial charge in [0.2, 0.25) is 0 Å². The van der Waals surface area contributed by atoms with Gasteiger partial charge < -0.3 is 14.6 Å². The molecule has 0 bridgehead atoms. The van der Waals surface area contributed by atoms with Crippen molar-refractivity contribution in [3.63, 3.8) is 0 Å². The molecule has 3 aromatic carbocycles. The SMILES string of the molecule is COc1ccc(C)cc1/C(O)=C1\C(=O)C(=O)N(c2ccccc2)C1c1ccccc1OC. The summed E-state index contributed by atoms with van der Waals surface area (Å²) in [6.45, 7) is 1.87. The maximum atomic E-state index is 13.3. The number of methoxy groups -OCH3 is 2. The molecule has 3 aromatic rings. The predicted octanol–water partition coefficient (Wildman–Crippen LogP) is 4.64. The van der Waals surface area contributed by atoms with Crippen LogP contribution in [0.3, 0.4) is 0 Å². The Labute approximate surface area is 186 Å². The number of Topliss-reactive ketones (excluding diaryl/α,β-unsaturated/α-hetero) is 1. The number of carbonyl (C=O) groups is 2. The number of ether oxygens (including phenoxy) is 2. The average Bonchev–Trinajstić information content (AvgIpc) is 3.09. The van der Waals surface area contributed by atoms with E-state index in [1.807, 2.05) is 19.1 Å². The monoisotopic (exact) mass is 429 g/mol. The van der Waals surface area contributed by atoms with E-state index < -0.39 is 17.7 Å². The van der Waals surface area contributed by atoms with E-state index in [0.29, 0.717) is 28.3 Å². The van der Waals surface area contributed by atoms with E-state index in [2.05, 4.69) is 0 Å². The van der Waals surface area contributed by atoms with Crippen LogP contribution in [0.1, 0.15) is 22.7 Å². The van der Waals surface area contributed by atoms with E-state index >= 15 is 0 Å². The summed E-state index contributed by atoms with van der Waals surface area (Å²) in [6.07, 6.45) is 0. The van der Waals surface area contributed by atoms with Crippen molar-refractivity contribution in [1.29, 1.82) is 0 Å². The second-order valence-electron chi connectivity index (χ2n) is 7.45. The summed E-state index contributed by atoms with van der Waals surface area (Å²) in [5.41, 5.74) is 2.33. The molecule has 1 aliphatic rings. The molecular weight excluding hydrogens is 406 g/mol. The summed E-state index contributed by atoms with van der Waals surface area (Å²) in [7, 11) is 3.01. The van der Waals surface area contributed by atoms with Gasteiger partial charge in [-0.1, -0.05) is 48.0 Å². The minimum Gasteiger partial charge on any atom is -0.507 e. The minimum absolute atomic E-state index is 0.0211. The highest BCUT2D eigenvalue weighted by molar-refractivity contribution is 6.51.